The fraction of sp³-hybridized carbons (Fsp3) is 0.818. The third kappa shape index (κ3) is 3.49. The molecule has 1 saturated heterocycles. The molecule has 0 spiro atoms. The van der Waals surface area contributed by atoms with Crippen molar-refractivity contribution in [2.45, 2.75) is 32.0 Å². The van der Waals surface area contributed by atoms with E-state index in [4.69, 9.17) is 10.5 Å². The quantitative estimate of drug-likeness (QED) is 0.773. The first-order valence-corrected chi connectivity index (χ1v) is 6.16. The van der Waals surface area contributed by atoms with Crippen molar-refractivity contribution in [2.75, 3.05) is 26.8 Å². The third-order valence-corrected chi connectivity index (χ3v) is 3.29. The summed E-state index contributed by atoms with van der Waals surface area (Å²) in [6.07, 6.45) is 4.17. The molecule has 1 aliphatic heterocycles. The number of nitrogens with zero attached hydrogens (tertiary/aromatic N) is 4. The van der Waals surface area contributed by atoms with Crippen LogP contribution >= 0.6 is 0 Å². The zero-order chi connectivity index (χ0) is 12.1. The van der Waals surface area contributed by atoms with Crippen LogP contribution in [0.4, 0.5) is 0 Å². The van der Waals surface area contributed by atoms with E-state index in [2.05, 4.69) is 22.3 Å². The van der Waals surface area contributed by atoms with Crippen molar-refractivity contribution in [1.82, 2.24) is 19.9 Å². The van der Waals surface area contributed by atoms with E-state index in [9.17, 15) is 0 Å². The van der Waals surface area contributed by atoms with Gasteiger partial charge < -0.3 is 15.4 Å². The van der Waals surface area contributed by atoms with Crippen LogP contribution in [0.1, 0.15) is 18.5 Å². The Kier molecular flexibility index (Phi) is 4.47. The average molecular weight is 239 g/mol. The Hall–Kier alpha value is -0.980. The first kappa shape index (κ1) is 12.5. The smallest absolute Gasteiger partial charge is 0.0962 e. The molecule has 0 radical (unpaired) electrons. The Balaban J connectivity index is 1.76. The molecule has 2 rings (SSSR count). The fourth-order valence-electron chi connectivity index (χ4n) is 2.11. The van der Waals surface area contributed by atoms with Crippen molar-refractivity contribution < 1.29 is 4.74 Å². The lowest BCUT2D eigenvalue weighted by Gasteiger charge is -2.30. The van der Waals surface area contributed by atoms with Gasteiger partial charge in [0.25, 0.3) is 0 Å². The predicted molar refractivity (Wildman–Crippen MR) is 64.4 cm³/mol. The molecule has 1 aromatic heterocycles. The average Bonchev–Trinajstić information content (AvgIpc) is 2.85. The minimum absolute atomic E-state index is 0.454. The molecular formula is C11H21N5O. The highest BCUT2D eigenvalue weighted by atomic mass is 16.5. The maximum atomic E-state index is 5.50. The number of aromatic nitrogens is 3. The van der Waals surface area contributed by atoms with E-state index in [1.54, 1.807) is 0 Å². The molecule has 0 saturated carbocycles. The molecule has 1 aromatic rings. The van der Waals surface area contributed by atoms with Gasteiger partial charge in [-0.1, -0.05) is 5.21 Å². The molecule has 0 atom stereocenters. The van der Waals surface area contributed by atoms with Gasteiger partial charge in [0.05, 0.1) is 12.2 Å². The molecule has 0 aromatic carbocycles. The number of hydrogen-bond donors (Lipinski definition) is 1. The predicted octanol–water partition coefficient (Wildman–Crippen LogP) is -0.152. The van der Waals surface area contributed by atoms with Crippen molar-refractivity contribution in [3.05, 3.63) is 11.9 Å². The van der Waals surface area contributed by atoms with E-state index in [1.165, 1.54) is 0 Å². The molecule has 0 bridgehead atoms. The molecule has 6 heteroatoms. The van der Waals surface area contributed by atoms with Gasteiger partial charge in [-0.15, -0.1) is 5.10 Å². The minimum Gasteiger partial charge on any atom is -0.381 e. The van der Waals surface area contributed by atoms with Crippen molar-refractivity contribution in [3.63, 3.8) is 0 Å². The summed E-state index contributed by atoms with van der Waals surface area (Å²) in [5.41, 5.74) is 6.34. The van der Waals surface area contributed by atoms with Gasteiger partial charge in [-0.3, -0.25) is 4.68 Å². The molecule has 1 aliphatic rings. The SMILES string of the molecule is CN(CCn1cc(CN)nn1)C1CCOCC1. The largest absolute Gasteiger partial charge is 0.381 e. The molecule has 0 amide bonds. The molecule has 0 unspecified atom stereocenters. The highest BCUT2D eigenvalue weighted by Crippen LogP contribution is 2.12. The van der Waals surface area contributed by atoms with E-state index in [-0.39, 0.29) is 0 Å². The first-order valence-electron chi connectivity index (χ1n) is 6.16. The summed E-state index contributed by atoms with van der Waals surface area (Å²) >= 11 is 0. The standard InChI is InChI=1S/C11H21N5O/c1-15(11-2-6-17-7-3-11)4-5-16-9-10(8-12)13-14-16/h9,11H,2-8,12H2,1H3. The Morgan fingerprint density at radius 2 is 2.29 bits per heavy atom. The molecule has 2 N–H and O–H groups in total. The maximum absolute atomic E-state index is 5.50. The van der Waals surface area contributed by atoms with Crippen LogP contribution < -0.4 is 5.73 Å². The number of rotatable bonds is 5. The summed E-state index contributed by atoms with van der Waals surface area (Å²) in [7, 11) is 2.16. The number of nitrogens with two attached hydrogens (primary N) is 1. The first-order chi connectivity index (χ1) is 8.29. The van der Waals surface area contributed by atoms with Gasteiger partial charge in [0, 0.05) is 38.5 Å². The summed E-state index contributed by atoms with van der Waals surface area (Å²) < 4.78 is 7.22. The van der Waals surface area contributed by atoms with Crippen LogP contribution in [0.2, 0.25) is 0 Å². The van der Waals surface area contributed by atoms with Crippen LogP contribution in [0.25, 0.3) is 0 Å². The van der Waals surface area contributed by atoms with Crippen molar-refractivity contribution in [1.29, 1.82) is 0 Å². The van der Waals surface area contributed by atoms with Gasteiger partial charge in [0.15, 0.2) is 0 Å². The van der Waals surface area contributed by atoms with E-state index >= 15 is 0 Å². The number of likely N-dealkylation sites (N-methyl/N-ethyl adjacent to an activating group) is 1. The van der Waals surface area contributed by atoms with E-state index < -0.39 is 0 Å². The van der Waals surface area contributed by atoms with Crippen LogP contribution in [0.5, 0.6) is 0 Å². The summed E-state index contributed by atoms with van der Waals surface area (Å²) in [4.78, 5) is 2.38. The van der Waals surface area contributed by atoms with Crippen LogP contribution in [-0.2, 0) is 17.8 Å². The highest BCUT2D eigenvalue weighted by molar-refractivity contribution is 4.90. The summed E-state index contributed by atoms with van der Waals surface area (Å²) in [6, 6.07) is 0.640. The Morgan fingerprint density at radius 3 is 2.94 bits per heavy atom. The zero-order valence-electron chi connectivity index (χ0n) is 10.4. The van der Waals surface area contributed by atoms with Gasteiger partial charge in [0.1, 0.15) is 0 Å². The van der Waals surface area contributed by atoms with Crippen LogP contribution in [0.3, 0.4) is 0 Å². The summed E-state index contributed by atoms with van der Waals surface area (Å²) in [5.74, 6) is 0. The monoisotopic (exact) mass is 239 g/mol. The van der Waals surface area contributed by atoms with Crippen molar-refractivity contribution in [2.24, 2.45) is 5.73 Å². The molecule has 1 fully saturated rings. The molecule has 17 heavy (non-hydrogen) atoms. The normalized spacial score (nSPS) is 17.8. The van der Waals surface area contributed by atoms with E-state index in [0.717, 1.165) is 44.8 Å². The topological polar surface area (TPSA) is 69.2 Å². The van der Waals surface area contributed by atoms with Crippen molar-refractivity contribution >= 4 is 0 Å². The second-order valence-electron chi connectivity index (χ2n) is 4.50. The van der Waals surface area contributed by atoms with Crippen LogP contribution in [0, 0.1) is 0 Å². The third-order valence-electron chi connectivity index (χ3n) is 3.29. The Morgan fingerprint density at radius 1 is 1.53 bits per heavy atom. The van der Waals surface area contributed by atoms with Crippen LogP contribution in [-0.4, -0.2) is 52.7 Å². The zero-order valence-corrected chi connectivity index (χ0v) is 10.4. The Labute approximate surface area is 102 Å². The minimum atomic E-state index is 0.454. The highest BCUT2D eigenvalue weighted by Gasteiger charge is 2.17. The van der Waals surface area contributed by atoms with Crippen LogP contribution in [0.15, 0.2) is 6.20 Å². The molecule has 96 valence electrons. The molecule has 6 nitrogen and oxygen atoms in total. The lowest BCUT2D eigenvalue weighted by atomic mass is 10.1. The van der Waals surface area contributed by atoms with Gasteiger partial charge in [0.2, 0.25) is 0 Å². The lowest BCUT2D eigenvalue weighted by Crippen LogP contribution is -2.38. The second kappa shape index (κ2) is 6.09. The second-order valence-corrected chi connectivity index (χ2v) is 4.50. The van der Waals surface area contributed by atoms with E-state index in [0.29, 0.717) is 12.6 Å². The summed E-state index contributed by atoms with van der Waals surface area (Å²) in [5, 5.41) is 8.01. The van der Waals surface area contributed by atoms with Gasteiger partial charge in [-0.25, -0.2) is 0 Å². The number of hydrogen-bond acceptors (Lipinski definition) is 5. The lowest BCUT2D eigenvalue weighted by molar-refractivity contribution is 0.0418. The fourth-order valence-corrected chi connectivity index (χ4v) is 2.11. The van der Waals surface area contributed by atoms with Gasteiger partial charge in [-0.05, 0) is 19.9 Å². The van der Waals surface area contributed by atoms with E-state index in [1.807, 2.05) is 10.9 Å². The molecule has 0 aliphatic carbocycles. The van der Waals surface area contributed by atoms with Crippen molar-refractivity contribution in [3.8, 4) is 0 Å². The maximum Gasteiger partial charge on any atom is 0.0962 e. The molecule has 2 heterocycles. The molecular weight excluding hydrogens is 218 g/mol. The van der Waals surface area contributed by atoms with Gasteiger partial charge >= 0.3 is 0 Å². The Bertz CT molecular complexity index is 334. The number of ether oxygens (including phenoxy) is 1. The summed E-state index contributed by atoms with van der Waals surface area (Å²) in [6.45, 7) is 4.07. The van der Waals surface area contributed by atoms with Gasteiger partial charge in [-0.2, -0.15) is 0 Å².